The van der Waals surface area contributed by atoms with Gasteiger partial charge in [-0.2, -0.15) is 0 Å². The fraction of sp³-hybridized carbons (Fsp3) is 0.900. The summed E-state index contributed by atoms with van der Waals surface area (Å²) in [5.41, 5.74) is 0. The van der Waals surface area contributed by atoms with Crippen LogP contribution in [0.25, 0.3) is 0 Å². The normalized spacial score (nSPS) is 11.2. The third-order valence-corrected chi connectivity index (χ3v) is 2.63. The average molecular weight is 234 g/mol. The molecule has 0 saturated carbocycles. The van der Waals surface area contributed by atoms with Crippen molar-refractivity contribution in [3.63, 3.8) is 0 Å². The molecule has 4 nitrogen and oxygen atoms in total. The van der Waals surface area contributed by atoms with Crippen LogP contribution >= 0.6 is 0 Å². The van der Waals surface area contributed by atoms with E-state index in [1.807, 2.05) is 6.92 Å². The summed E-state index contributed by atoms with van der Waals surface area (Å²) in [5.74, 6) is 0. The van der Waals surface area contributed by atoms with Crippen LogP contribution in [0.3, 0.4) is 0 Å². The molecule has 0 amide bonds. The Morgan fingerprint density at radius 2 is 1.67 bits per heavy atom. The molecule has 0 N–H and O–H groups in total. The Hall–Kier alpha value is -0.553. The Morgan fingerprint density at radius 3 is 2.20 bits per heavy atom. The maximum Gasteiger partial charge on any atom is 0.508 e. The van der Waals surface area contributed by atoms with Crippen LogP contribution in [0.1, 0.15) is 19.8 Å². The van der Waals surface area contributed by atoms with Crippen molar-refractivity contribution in [3.05, 3.63) is 0 Å². The van der Waals surface area contributed by atoms with Crippen molar-refractivity contribution in [3.8, 4) is 0 Å². The van der Waals surface area contributed by atoms with Crippen molar-refractivity contribution in [1.82, 2.24) is 0 Å². The van der Waals surface area contributed by atoms with E-state index in [9.17, 15) is 4.79 Å². The Kier molecular flexibility index (Phi) is 7.42. The molecule has 0 saturated heterocycles. The molecule has 0 rings (SSSR count). The lowest BCUT2D eigenvalue weighted by Crippen LogP contribution is -2.27. The predicted octanol–water partition coefficient (Wildman–Crippen LogP) is 2.79. The van der Waals surface area contributed by atoms with Gasteiger partial charge in [-0.3, -0.25) is 0 Å². The zero-order valence-electron chi connectivity index (χ0n) is 10.2. The van der Waals surface area contributed by atoms with Crippen molar-refractivity contribution < 1.29 is 18.7 Å². The van der Waals surface area contributed by atoms with Crippen LogP contribution in [0.5, 0.6) is 0 Å². The molecule has 0 unspecified atom stereocenters. The molecule has 0 aromatic rings. The quantitative estimate of drug-likeness (QED) is 0.386. The fourth-order valence-corrected chi connectivity index (χ4v) is 1.51. The molecule has 0 radical (unpaired) electrons. The number of ether oxygens (including phenoxy) is 2. The Morgan fingerprint density at radius 1 is 1.07 bits per heavy atom. The van der Waals surface area contributed by atoms with E-state index >= 15 is 0 Å². The number of hydrogen-bond donors (Lipinski definition) is 0. The third-order valence-electron chi connectivity index (χ3n) is 1.56. The highest BCUT2D eigenvalue weighted by atomic mass is 28.4. The number of unbranched alkanes of at least 4 members (excludes halogenated alkanes) is 1. The van der Waals surface area contributed by atoms with Gasteiger partial charge in [0.1, 0.15) is 6.61 Å². The molecule has 0 aromatic heterocycles. The first-order chi connectivity index (χ1) is 6.95. The summed E-state index contributed by atoms with van der Waals surface area (Å²) in [5, 5.41) is 0. The van der Waals surface area contributed by atoms with Crippen molar-refractivity contribution >= 4 is 14.5 Å². The van der Waals surface area contributed by atoms with Crippen LogP contribution in [0.15, 0.2) is 0 Å². The number of carbonyl (C=O) groups is 1. The molecular formula is C10H22O4Si. The summed E-state index contributed by atoms with van der Waals surface area (Å²) in [6.07, 6.45) is 1.29. The maximum atomic E-state index is 11.0. The van der Waals surface area contributed by atoms with E-state index in [2.05, 4.69) is 19.6 Å². The molecule has 0 aliphatic heterocycles. The lowest BCUT2D eigenvalue weighted by molar-refractivity contribution is 0.0446. The van der Waals surface area contributed by atoms with E-state index < -0.39 is 14.5 Å². The summed E-state index contributed by atoms with van der Waals surface area (Å²) >= 11 is 0. The lowest BCUT2D eigenvalue weighted by atomic mass is 10.4. The summed E-state index contributed by atoms with van der Waals surface area (Å²) in [6, 6.07) is 0. The zero-order chi connectivity index (χ0) is 11.7. The third kappa shape index (κ3) is 11.4. The van der Waals surface area contributed by atoms with Gasteiger partial charge in [-0.05, 0) is 26.1 Å². The summed E-state index contributed by atoms with van der Waals surface area (Å²) in [6.45, 7) is 9.47. The molecule has 0 spiro atoms. The van der Waals surface area contributed by atoms with Crippen LogP contribution in [-0.4, -0.2) is 34.3 Å². The van der Waals surface area contributed by atoms with Gasteiger partial charge >= 0.3 is 6.16 Å². The van der Waals surface area contributed by atoms with Gasteiger partial charge < -0.3 is 13.9 Å². The standard InChI is InChI=1S/C10H22O4Si/c1-5-6-7-12-10(11)13-8-9-14-15(2,3)4/h5-9H2,1-4H3. The second-order valence-corrected chi connectivity index (χ2v) is 8.77. The SMILES string of the molecule is CCCCOC(=O)OCCO[Si](C)(C)C. The molecular weight excluding hydrogens is 212 g/mol. The first kappa shape index (κ1) is 14.4. The first-order valence-electron chi connectivity index (χ1n) is 5.39. The molecule has 0 atom stereocenters. The van der Waals surface area contributed by atoms with Crippen LogP contribution < -0.4 is 0 Å². The molecule has 15 heavy (non-hydrogen) atoms. The molecule has 0 aromatic carbocycles. The topological polar surface area (TPSA) is 44.8 Å². The number of hydrogen-bond acceptors (Lipinski definition) is 4. The van der Waals surface area contributed by atoms with Gasteiger partial charge in [0.15, 0.2) is 8.32 Å². The molecule has 0 heterocycles. The van der Waals surface area contributed by atoms with E-state index in [0.29, 0.717) is 13.2 Å². The predicted molar refractivity (Wildman–Crippen MR) is 61.5 cm³/mol. The van der Waals surface area contributed by atoms with Crippen molar-refractivity contribution in [1.29, 1.82) is 0 Å². The highest BCUT2D eigenvalue weighted by Crippen LogP contribution is 2.01. The van der Waals surface area contributed by atoms with Crippen LogP contribution in [0, 0.1) is 0 Å². The first-order valence-corrected chi connectivity index (χ1v) is 8.80. The minimum atomic E-state index is -1.49. The van der Waals surface area contributed by atoms with Crippen LogP contribution in [0.2, 0.25) is 19.6 Å². The Bertz CT molecular complexity index is 177. The van der Waals surface area contributed by atoms with E-state index in [1.54, 1.807) is 0 Å². The van der Waals surface area contributed by atoms with E-state index in [1.165, 1.54) is 0 Å². The van der Waals surface area contributed by atoms with E-state index in [0.717, 1.165) is 12.8 Å². The summed E-state index contributed by atoms with van der Waals surface area (Å²) in [4.78, 5) is 11.0. The van der Waals surface area contributed by atoms with Gasteiger partial charge in [0.25, 0.3) is 0 Å². The largest absolute Gasteiger partial charge is 0.508 e. The fourth-order valence-electron chi connectivity index (χ4n) is 0.814. The van der Waals surface area contributed by atoms with Gasteiger partial charge in [0.05, 0.1) is 13.2 Å². The molecule has 5 heteroatoms. The number of rotatable bonds is 7. The van der Waals surface area contributed by atoms with Gasteiger partial charge in [0, 0.05) is 0 Å². The Labute approximate surface area is 93.0 Å². The molecule has 0 fully saturated rings. The highest BCUT2D eigenvalue weighted by Gasteiger charge is 2.13. The second kappa shape index (κ2) is 7.70. The van der Waals surface area contributed by atoms with Crippen LogP contribution in [0.4, 0.5) is 4.79 Å². The zero-order valence-corrected chi connectivity index (χ0v) is 11.2. The molecule has 0 aliphatic rings. The minimum absolute atomic E-state index is 0.273. The lowest BCUT2D eigenvalue weighted by Gasteiger charge is -2.16. The maximum absolute atomic E-state index is 11.0. The van der Waals surface area contributed by atoms with E-state index in [4.69, 9.17) is 13.9 Å². The van der Waals surface area contributed by atoms with Crippen molar-refractivity contribution in [2.75, 3.05) is 19.8 Å². The van der Waals surface area contributed by atoms with Crippen molar-refractivity contribution in [2.24, 2.45) is 0 Å². The molecule has 0 bridgehead atoms. The van der Waals surface area contributed by atoms with Gasteiger partial charge in [-0.25, -0.2) is 4.79 Å². The summed E-state index contributed by atoms with van der Waals surface area (Å²) < 4.78 is 15.1. The smallest absolute Gasteiger partial charge is 0.434 e. The monoisotopic (exact) mass is 234 g/mol. The molecule has 90 valence electrons. The van der Waals surface area contributed by atoms with E-state index in [-0.39, 0.29) is 6.61 Å². The summed E-state index contributed by atoms with van der Waals surface area (Å²) in [7, 11) is -1.49. The van der Waals surface area contributed by atoms with Crippen LogP contribution in [-0.2, 0) is 13.9 Å². The average Bonchev–Trinajstić information content (AvgIpc) is 2.11. The van der Waals surface area contributed by atoms with Gasteiger partial charge in [-0.15, -0.1) is 0 Å². The molecule has 0 aliphatic carbocycles. The van der Waals surface area contributed by atoms with Crippen molar-refractivity contribution in [2.45, 2.75) is 39.4 Å². The van der Waals surface area contributed by atoms with Gasteiger partial charge in [0.2, 0.25) is 0 Å². The number of carbonyl (C=O) groups excluding carboxylic acids is 1. The Balaban J connectivity index is 3.32. The highest BCUT2D eigenvalue weighted by molar-refractivity contribution is 6.69. The minimum Gasteiger partial charge on any atom is -0.434 e. The second-order valence-electron chi connectivity index (χ2n) is 4.26. The van der Waals surface area contributed by atoms with Gasteiger partial charge in [-0.1, -0.05) is 13.3 Å².